The topological polar surface area (TPSA) is 93.7 Å². The maximum atomic E-state index is 13.9. The van der Waals surface area contributed by atoms with Crippen molar-refractivity contribution in [1.29, 1.82) is 0 Å². The molecule has 0 aliphatic carbocycles. The highest BCUT2D eigenvalue weighted by atomic mass is 32.1. The van der Waals surface area contributed by atoms with Gasteiger partial charge >= 0.3 is 5.97 Å². The number of nitrogens with one attached hydrogen (secondary N) is 1. The van der Waals surface area contributed by atoms with E-state index >= 15 is 0 Å². The summed E-state index contributed by atoms with van der Waals surface area (Å²) in [7, 11) is 1.35. The Morgan fingerprint density at radius 2 is 2.11 bits per heavy atom. The lowest BCUT2D eigenvalue weighted by Gasteiger charge is -2.29. The molecule has 1 amide bonds. The van der Waals surface area contributed by atoms with E-state index < -0.39 is 24.2 Å². The minimum atomic E-state index is -0.734. The second-order valence-electron chi connectivity index (χ2n) is 11.0. The molecule has 3 aromatic rings. The van der Waals surface area contributed by atoms with Gasteiger partial charge in [0.2, 0.25) is 11.8 Å². The first-order valence-electron chi connectivity index (χ1n) is 13.0. The van der Waals surface area contributed by atoms with Crippen molar-refractivity contribution in [1.82, 2.24) is 14.9 Å². The highest BCUT2D eigenvalue weighted by Gasteiger charge is 2.44. The zero-order chi connectivity index (χ0) is 27.0. The van der Waals surface area contributed by atoms with Gasteiger partial charge in [-0.1, -0.05) is 52.0 Å². The number of fused-ring (bicyclic) bond motifs is 5. The number of pyridine rings is 1. The van der Waals surface area contributed by atoms with Crippen LogP contribution in [0.5, 0.6) is 5.88 Å². The number of aromatic nitrogens is 2. The number of thiazole rings is 1. The number of hydrogen-bond donors (Lipinski definition) is 1. The zero-order valence-electron chi connectivity index (χ0n) is 22.4. The number of carbonyl (C=O) groups excluding carboxylic acids is 2. The van der Waals surface area contributed by atoms with Gasteiger partial charge in [-0.3, -0.25) is 4.79 Å². The number of anilines is 1. The van der Waals surface area contributed by atoms with Gasteiger partial charge in [0.1, 0.15) is 18.2 Å². The van der Waals surface area contributed by atoms with Crippen LogP contribution >= 0.6 is 11.3 Å². The van der Waals surface area contributed by atoms with Crippen molar-refractivity contribution in [3.8, 4) is 5.88 Å². The van der Waals surface area contributed by atoms with Gasteiger partial charge < -0.3 is 19.7 Å². The predicted octanol–water partition coefficient (Wildman–Crippen LogP) is 5.04. The van der Waals surface area contributed by atoms with Gasteiger partial charge in [-0.25, -0.2) is 14.8 Å². The van der Waals surface area contributed by atoms with Crippen molar-refractivity contribution in [2.75, 3.05) is 19.0 Å². The summed E-state index contributed by atoms with van der Waals surface area (Å²) in [4.78, 5) is 37.6. The molecule has 4 heterocycles. The van der Waals surface area contributed by atoms with Crippen LogP contribution in [0.1, 0.15) is 51.8 Å². The molecule has 8 nitrogen and oxygen atoms in total. The zero-order valence-corrected chi connectivity index (χ0v) is 23.2. The Morgan fingerprint density at radius 1 is 1.29 bits per heavy atom. The molecule has 2 aliphatic heterocycles. The van der Waals surface area contributed by atoms with E-state index in [1.165, 1.54) is 18.4 Å². The third-order valence-corrected chi connectivity index (χ3v) is 8.17. The molecule has 2 aromatic heterocycles. The van der Waals surface area contributed by atoms with Gasteiger partial charge in [0, 0.05) is 28.8 Å². The molecule has 0 spiro atoms. The highest BCUT2D eigenvalue weighted by molar-refractivity contribution is 7.13. The van der Waals surface area contributed by atoms with E-state index in [9.17, 15) is 9.59 Å². The number of allylic oxidation sites excluding steroid dienone is 1. The molecule has 200 valence electrons. The van der Waals surface area contributed by atoms with Gasteiger partial charge in [-0.15, -0.1) is 11.3 Å². The third kappa shape index (κ3) is 5.12. The van der Waals surface area contributed by atoms with Crippen molar-refractivity contribution in [2.45, 2.75) is 64.1 Å². The van der Waals surface area contributed by atoms with Crippen molar-refractivity contribution in [2.24, 2.45) is 5.92 Å². The second-order valence-corrected chi connectivity index (χ2v) is 11.9. The van der Waals surface area contributed by atoms with Crippen LogP contribution in [0.2, 0.25) is 0 Å². The third-order valence-electron chi connectivity index (χ3n) is 7.40. The van der Waals surface area contributed by atoms with E-state index in [2.05, 4.69) is 59.9 Å². The van der Waals surface area contributed by atoms with E-state index in [1.807, 2.05) is 19.9 Å². The summed E-state index contributed by atoms with van der Waals surface area (Å²) < 4.78 is 11.5. The molecule has 9 heteroatoms. The first kappa shape index (κ1) is 26.2. The van der Waals surface area contributed by atoms with Crippen LogP contribution in [-0.4, -0.2) is 58.6 Å². The van der Waals surface area contributed by atoms with E-state index in [1.54, 1.807) is 11.1 Å². The van der Waals surface area contributed by atoms with Crippen molar-refractivity contribution < 1.29 is 19.1 Å². The molecular formula is C29H34N4O4S. The predicted molar refractivity (Wildman–Crippen MR) is 149 cm³/mol. The van der Waals surface area contributed by atoms with Gasteiger partial charge in [-0.2, -0.15) is 0 Å². The number of nitrogens with zero attached hydrogens (tertiary/aromatic N) is 3. The maximum absolute atomic E-state index is 13.9. The SMILES string of the molecule is COC(=O)[C@@H]1C[C@@H]2CN1C(=O)[C@H](C(C)C)Nc1nc(cs1)C(C)(C)C/C=C\c1ccc3ccnc(c3c1)O2. The minimum absolute atomic E-state index is 0.0344. The summed E-state index contributed by atoms with van der Waals surface area (Å²) in [6.07, 6.45) is 6.73. The monoisotopic (exact) mass is 534 g/mol. The Bertz CT molecular complexity index is 1380. The van der Waals surface area contributed by atoms with Crippen LogP contribution in [0.25, 0.3) is 16.8 Å². The molecule has 1 aromatic carbocycles. The molecule has 0 saturated carbocycles. The lowest BCUT2D eigenvalue weighted by atomic mass is 9.86. The smallest absolute Gasteiger partial charge is 0.328 e. The normalized spacial score (nSPS) is 24.0. The molecule has 0 radical (unpaired) electrons. The molecule has 38 heavy (non-hydrogen) atoms. The molecule has 0 unspecified atom stereocenters. The van der Waals surface area contributed by atoms with Crippen LogP contribution in [0, 0.1) is 5.92 Å². The standard InChI is InChI=1S/C29H34N4O4S/c1-17(2)24-26(34)33-15-20(14-22(33)27(35)36-5)37-25-21-13-18(8-9-19(21)10-12-30-25)7-6-11-29(3,4)23-16-38-28(31-23)32-24/h6-10,12-13,16-17,20,22,24H,11,14-15H2,1-5H3,(H,31,32)/b7-6-/t20-,22+,24+/m1/s1. The summed E-state index contributed by atoms with van der Waals surface area (Å²) >= 11 is 1.49. The minimum Gasteiger partial charge on any atom is -0.472 e. The first-order valence-corrected chi connectivity index (χ1v) is 13.9. The van der Waals surface area contributed by atoms with E-state index in [-0.39, 0.29) is 23.8 Å². The molecule has 5 rings (SSSR count). The lowest BCUT2D eigenvalue weighted by molar-refractivity contribution is -0.151. The number of methoxy groups -OCH3 is 1. The number of esters is 1. The molecule has 1 N–H and O–H groups in total. The van der Waals surface area contributed by atoms with E-state index in [4.69, 9.17) is 14.5 Å². The van der Waals surface area contributed by atoms with Crippen molar-refractivity contribution >= 4 is 45.2 Å². The fraction of sp³-hybridized carbons (Fsp3) is 0.448. The summed E-state index contributed by atoms with van der Waals surface area (Å²) in [6, 6.07) is 6.86. The first-order chi connectivity index (χ1) is 18.2. The van der Waals surface area contributed by atoms with Gasteiger partial charge in [0.25, 0.3) is 0 Å². The highest BCUT2D eigenvalue weighted by Crippen LogP contribution is 2.33. The van der Waals surface area contributed by atoms with Gasteiger partial charge in [-0.05, 0) is 35.4 Å². The maximum Gasteiger partial charge on any atom is 0.328 e. The molecule has 1 saturated heterocycles. The molecule has 2 aliphatic rings. The Hall–Kier alpha value is -3.46. The van der Waals surface area contributed by atoms with Crippen LogP contribution in [0.3, 0.4) is 0 Å². The lowest BCUT2D eigenvalue weighted by Crippen LogP contribution is -2.50. The number of hydrogen-bond acceptors (Lipinski definition) is 8. The van der Waals surface area contributed by atoms with Gasteiger partial charge in [0.15, 0.2) is 5.13 Å². The summed E-state index contributed by atoms with van der Waals surface area (Å²) in [5, 5.41) is 8.01. The van der Waals surface area contributed by atoms with E-state index in [0.29, 0.717) is 17.4 Å². The fourth-order valence-corrected chi connectivity index (χ4v) is 6.01. The molecule has 1 fully saturated rings. The second kappa shape index (κ2) is 10.4. The largest absolute Gasteiger partial charge is 0.472 e. The Morgan fingerprint density at radius 3 is 2.87 bits per heavy atom. The Labute approximate surface area is 227 Å². The average molecular weight is 535 g/mol. The quantitative estimate of drug-likeness (QED) is 0.460. The molecular weight excluding hydrogens is 500 g/mol. The van der Waals surface area contributed by atoms with Crippen molar-refractivity contribution in [3.63, 3.8) is 0 Å². The average Bonchev–Trinajstić information content (AvgIpc) is 3.54. The fourth-order valence-electron chi connectivity index (χ4n) is 5.07. The molecule has 3 atom stereocenters. The Kier molecular flexibility index (Phi) is 7.13. The van der Waals surface area contributed by atoms with Crippen LogP contribution in [0.15, 0.2) is 41.9 Å². The number of benzene rings is 1. The molecule has 6 bridgehead atoms. The number of rotatable bonds is 2. The summed E-state index contributed by atoms with van der Waals surface area (Å²) in [5.74, 6) is -0.161. The van der Waals surface area contributed by atoms with Crippen LogP contribution in [0.4, 0.5) is 5.13 Å². The summed E-state index contributed by atoms with van der Waals surface area (Å²) in [6.45, 7) is 8.57. The number of amides is 1. The van der Waals surface area contributed by atoms with E-state index in [0.717, 1.165) is 28.5 Å². The number of carbonyl (C=O) groups is 2. The van der Waals surface area contributed by atoms with Crippen LogP contribution in [-0.2, 0) is 19.7 Å². The Balaban J connectivity index is 1.59. The van der Waals surface area contributed by atoms with Crippen LogP contribution < -0.4 is 10.1 Å². The van der Waals surface area contributed by atoms with Gasteiger partial charge in [0.05, 0.1) is 19.3 Å². The number of ether oxygens (including phenoxy) is 2. The van der Waals surface area contributed by atoms with Crippen molar-refractivity contribution in [3.05, 3.63) is 53.2 Å². The summed E-state index contributed by atoms with van der Waals surface area (Å²) in [5.41, 5.74) is 1.82.